The summed E-state index contributed by atoms with van der Waals surface area (Å²) in [5.41, 5.74) is 0.967. The molecule has 0 aliphatic rings. The van der Waals surface area contributed by atoms with E-state index in [0.717, 1.165) is 12.1 Å². The van der Waals surface area contributed by atoms with Gasteiger partial charge in [0, 0.05) is 23.5 Å². The third-order valence-corrected chi connectivity index (χ3v) is 3.54. The maximum atomic E-state index is 12.9. The van der Waals surface area contributed by atoms with Gasteiger partial charge in [-0.25, -0.2) is 4.39 Å². The van der Waals surface area contributed by atoms with Crippen molar-refractivity contribution in [3.05, 3.63) is 83.9 Å². The molecule has 0 amide bonds. The van der Waals surface area contributed by atoms with Crippen LogP contribution in [0.4, 0.5) is 17.6 Å². The van der Waals surface area contributed by atoms with E-state index < -0.39 is 11.7 Å². The molecule has 3 aromatic rings. The summed E-state index contributed by atoms with van der Waals surface area (Å²) in [5, 5.41) is 0. The third kappa shape index (κ3) is 4.35. The first-order chi connectivity index (χ1) is 11.9. The number of halogens is 4. The first kappa shape index (κ1) is 17.0. The summed E-state index contributed by atoms with van der Waals surface area (Å²) >= 11 is 0. The van der Waals surface area contributed by atoms with Gasteiger partial charge < -0.3 is 4.74 Å². The van der Waals surface area contributed by atoms with Crippen LogP contribution in [0.25, 0.3) is 11.1 Å². The van der Waals surface area contributed by atoms with Gasteiger partial charge in [-0.2, -0.15) is 13.2 Å². The standard InChI is InChI=1S/C19H13F4NO/c20-17-4-6-18(7-5-17)25-12-13-8-15(11-24-10-13)14-2-1-3-16(9-14)19(21,22)23/h1-11H,12H2. The minimum atomic E-state index is -4.40. The predicted molar refractivity (Wildman–Crippen MR) is 85.4 cm³/mol. The maximum absolute atomic E-state index is 12.9. The number of hydrogen-bond donors (Lipinski definition) is 0. The highest BCUT2D eigenvalue weighted by Gasteiger charge is 2.30. The van der Waals surface area contributed by atoms with Gasteiger partial charge in [0.2, 0.25) is 0 Å². The fourth-order valence-corrected chi connectivity index (χ4v) is 2.30. The Morgan fingerprint density at radius 2 is 1.64 bits per heavy atom. The Labute approximate surface area is 141 Å². The molecule has 6 heteroatoms. The van der Waals surface area contributed by atoms with Crippen LogP contribution < -0.4 is 4.74 Å². The molecule has 3 rings (SSSR count). The van der Waals surface area contributed by atoms with Crippen molar-refractivity contribution in [1.82, 2.24) is 4.98 Å². The lowest BCUT2D eigenvalue weighted by Crippen LogP contribution is -2.04. The molecule has 0 spiro atoms. The zero-order valence-electron chi connectivity index (χ0n) is 12.9. The molecule has 0 aliphatic carbocycles. The number of aromatic nitrogens is 1. The summed E-state index contributed by atoms with van der Waals surface area (Å²) in [6.45, 7) is 0.172. The van der Waals surface area contributed by atoms with E-state index in [2.05, 4.69) is 4.98 Å². The molecule has 25 heavy (non-hydrogen) atoms. The smallest absolute Gasteiger partial charge is 0.416 e. The Morgan fingerprint density at radius 1 is 0.880 bits per heavy atom. The molecule has 0 fully saturated rings. The molecule has 0 atom stereocenters. The lowest BCUT2D eigenvalue weighted by molar-refractivity contribution is -0.137. The number of hydrogen-bond acceptors (Lipinski definition) is 2. The molecule has 2 aromatic carbocycles. The van der Waals surface area contributed by atoms with E-state index in [1.807, 2.05) is 0 Å². The largest absolute Gasteiger partial charge is 0.489 e. The second-order valence-corrected chi connectivity index (χ2v) is 5.40. The van der Waals surface area contributed by atoms with Gasteiger partial charge in [0.05, 0.1) is 5.56 Å². The van der Waals surface area contributed by atoms with Crippen LogP contribution in [-0.2, 0) is 12.8 Å². The van der Waals surface area contributed by atoms with Crippen LogP contribution in [0.2, 0.25) is 0 Å². The van der Waals surface area contributed by atoms with Gasteiger partial charge >= 0.3 is 6.18 Å². The minimum absolute atomic E-state index is 0.172. The molecular weight excluding hydrogens is 334 g/mol. The van der Waals surface area contributed by atoms with Crippen LogP contribution in [0.5, 0.6) is 5.75 Å². The van der Waals surface area contributed by atoms with Crippen molar-refractivity contribution >= 4 is 0 Å². The third-order valence-electron chi connectivity index (χ3n) is 3.54. The molecular formula is C19H13F4NO. The van der Waals surface area contributed by atoms with Crippen molar-refractivity contribution in [1.29, 1.82) is 0 Å². The molecule has 0 saturated carbocycles. The number of benzene rings is 2. The van der Waals surface area contributed by atoms with Crippen molar-refractivity contribution in [2.24, 2.45) is 0 Å². The highest BCUT2D eigenvalue weighted by Crippen LogP contribution is 2.32. The van der Waals surface area contributed by atoms with E-state index in [4.69, 9.17) is 4.74 Å². The summed E-state index contributed by atoms with van der Waals surface area (Å²) in [6, 6.07) is 12.3. The zero-order chi connectivity index (χ0) is 17.9. The molecule has 0 radical (unpaired) electrons. The van der Waals surface area contributed by atoms with Gasteiger partial charge in [-0.1, -0.05) is 12.1 Å². The number of pyridine rings is 1. The van der Waals surface area contributed by atoms with Gasteiger partial charge in [-0.15, -0.1) is 0 Å². The molecule has 0 bridgehead atoms. The van der Waals surface area contributed by atoms with Crippen molar-refractivity contribution in [2.45, 2.75) is 12.8 Å². The van der Waals surface area contributed by atoms with E-state index in [1.54, 1.807) is 18.3 Å². The number of rotatable bonds is 4. The first-order valence-electron chi connectivity index (χ1n) is 7.42. The quantitative estimate of drug-likeness (QED) is 0.583. The van der Waals surface area contributed by atoms with Gasteiger partial charge in [-0.05, 0) is 48.0 Å². The monoisotopic (exact) mass is 347 g/mol. The van der Waals surface area contributed by atoms with Crippen LogP contribution in [0, 0.1) is 5.82 Å². The summed E-state index contributed by atoms with van der Waals surface area (Å²) < 4.78 is 56.9. The van der Waals surface area contributed by atoms with Crippen molar-refractivity contribution < 1.29 is 22.3 Å². The van der Waals surface area contributed by atoms with Crippen LogP contribution >= 0.6 is 0 Å². The summed E-state index contributed by atoms with van der Waals surface area (Å²) in [4.78, 5) is 4.06. The van der Waals surface area contributed by atoms with Crippen molar-refractivity contribution in [3.63, 3.8) is 0 Å². The molecule has 128 valence electrons. The predicted octanol–water partition coefficient (Wildman–Crippen LogP) is 5.49. The van der Waals surface area contributed by atoms with Crippen LogP contribution in [0.1, 0.15) is 11.1 Å². The molecule has 0 N–H and O–H groups in total. The number of nitrogens with zero attached hydrogens (tertiary/aromatic N) is 1. The highest BCUT2D eigenvalue weighted by molar-refractivity contribution is 5.64. The molecule has 0 unspecified atom stereocenters. The summed E-state index contributed by atoms with van der Waals surface area (Å²) in [5.74, 6) is 0.131. The van der Waals surface area contributed by atoms with Crippen molar-refractivity contribution in [3.8, 4) is 16.9 Å². The van der Waals surface area contributed by atoms with Crippen LogP contribution in [-0.4, -0.2) is 4.98 Å². The minimum Gasteiger partial charge on any atom is -0.489 e. The molecule has 1 aromatic heterocycles. The molecule has 0 saturated heterocycles. The Bertz CT molecular complexity index is 860. The van der Waals surface area contributed by atoms with E-state index in [0.29, 0.717) is 22.4 Å². The Hall–Kier alpha value is -2.89. The zero-order valence-corrected chi connectivity index (χ0v) is 12.9. The average molecular weight is 347 g/mol. The number of alkyl halides is 3. The van der Waals surface area contributed by atoms with Gasteiger partial charge in [0.1, 0.15) is 18.2 Å². The van der Waals surface area contributed by atoms with E-state index in [-0.39, 0.29) is 12.4 Å². The average Bonchev–Trinajstić information content (AvgIpc) is 2.61. The lowest BCUT2D eigenvalue weighted by atomic mass is 10.0. The number of ether oxygens (including phenoxy) is 1. The molecule has 2 nitrogen and oxygen atoms in total. The molecule has 0 aliphatic heterocycles. The normalized spacial score (nSPS) is 11.4. The second kappa shape index (κ2) is 6.93. The topological polar surface area (TPSA) is 22.1 Å². The highest BCUT2D eigenvalue weighted by atomic mass is 19.4. The summed E-state index contributed by atoms with van der Waals surface area (Å²) in [6.07, 6.45) is -1.33. The lowest BCUT2D eigenvalue weighted by Gasteiger charge is -2.10. The SMILES string of the molecule is Fc1ccc(OCc2cncc(-c3cccc(C(F)(F)F)c3)c2)cc1. The fraction of sp³-hybridized carbons (Fsp3) is 0.105. The van der Waals surface area contributed by atoms with E-state index in [1.165, 1.54) is 36.5 Å². The fourth-order valence-electron chi connectivity index (χ4n) is 2.30. The Kier molecular flexibility index (Phi) is 4.70. The van der Waals surface area contributed by atoms with Crippen LogP contribution in [0.3, 0.4) is 0 Å². The van der Waals surface area contributed by atoms with Crippen LogP contribution in [0.15, 0.2) is 67.0 Å². The van der Waals surface area contributed by atoms with E-state index >= 15 is 0 Å². The van der Waals surface area contributed by atoms with Gasteiger partial charge in [-0.3, -0.25) is 4.98 Å². The van der Waals surface area contributed by atoms with Crippen molar-refractivity contribution in [2.75, 3.05) is 0 Å². The second-order valence-electron chi connectivity index (χ2n) is 5.40. The first-order valence-corrected chi connectivity index (χ1v) is 7.42. The maximum Gasteiger partial charge on any atom is 0.416 e. The van der Waals surface area contributed by atoms with E-state index in [9.17, 15) is 17.6 Å². The Balaban J connectivity index is 1.78. The Morgan fingerprint density at radius 3 is 2.36 bits per heavy atom. The van der Waals surface area contributed by atoms with Gasteiger partial charge in [0.25, 0.3) is 0 Å². The molecule has 1 heterocycles. The van der Waals surface area contributed by atoms with Gasteiger partial charge in [0.15, 0.2) is 0 Å². The summed E-state index contributed by atoms with van der Waals surface area (Å²) in [7, 11) is 0.